The van der Waals surface area contributed by atoms with Gasteiger partial charge in [-0.3, -0.25) is 9.69 Å². The molecule has 0 radical (unpaired) electrons. The average Bonchev–Trinajstić information content (AvgIpc) is 2.65. The number of nitrogens with one attached hydrogen (secondary N) is 2. The number of thioether (sulfide) groups is 1. The Morgan fingerprint density at radius 3 is 2.71 bits per heavy atom. The summed E-state index contributed by atoms with van der Waals surface area (Å²) >= 11 is 2.04. The second-order valence-electron chi connectivity index (χ2n) is 7.87. The van der Waals surface area contributed by atoms with Gasteiger partial charge in [0, 0.05) is 43.2 Å². The van der Waals surface area contributed by atoms with E-state index in [1.807, 2.05) is 11.8 Å². The Kier molecular flexibility index (Phi) is 11.8. The van der Waals surface area contributed by atoms with Crippen LogP contribution in [0.3, 0.4) is 0 Å². The SMILES string of the molecule is Cc1cc(CN2CCSCC2)ccc1NC(=O)CC(C)C1CCCNC1.Cl.Cl. The van der Waals surface area contributed by atoms with Crippen LogP contribution in [0.5, 0.6) is 0 Å². The molecule has 0 bridgehead atoms. The van der Waals surface area contributed by atoms with Crippen LogP contribution >= 0.6 is 36.6 Å². The third kappa shape index (κ3) is 7.75. The van der Waals surface area contributed by atoms with Crippen molar-refractivity contribution in [3.05, 3.63) is 29.3 Å². The molecule has 1 amide bonds. The van der Waals surface area contributed by atoms with Crippen LogP contribution in [0.2, 0.25) is 0 Å². The first-order chi connectivity index (χ1) is 12.6. The van der Waals surface area contributed by atoms with Gasteiger partial charge in [0.25, 0.3) is 0 Å². The average molecular weight is 449 g/mol. The molecule has 4 nitrogen and oxygen atoms in total. The van der Waals surface area contributed by atoms with Crippen molar-refractivity contribution < 1.29 is 4.79 Å². The van der Waals surface area contributed by atoms with E-state index in [1.54, 1.807) is 0 Å². The van der Waals surface area contributed by atoms with Gasteiger partial charge in [0.1, 0.15) is 0 Å². The monoisotopic (exact) mass is 447 g/mol. The van der Waals surface area contributed by atoms with Crippen molar-refractivity contribution >= 4 is 48.2 Å². The molecule has 160 valence electrons. The number of nitrogens with zero attached hydrogens (tertiary/aromatic N) is 1. The van der Waals surface area contributed by atoms with E-state index in [-0.39, 0.29) is 30.7 Å². The zero-order chi connectivity index (χ0) is 18.4. The Bertz CT molecular complexity index is 605. The van der Waals surface area contributed by atoms with Crippen LogP contribution in [-0.4, -0.2) is 48.5 Å². The molecular formula is C21H35Cl2N3OS. The van der Waals surface area contributed by atoms with Crippen molar-refractivity contribution in [3.8, 4) is 0 Å². The van der Waals surface area contributed by atoms with Crippen LogP contribution in [0, 0.1) is 18.8 Å². The van der Waals surface area contributed by atoms with Crippen LogP contribution < -0.4 is 10.6 Å². The van der Waals surface area contributed by atoms with Crippen molar-refractivity contribution in [2.24, 2.45) is 11.8 Å². The molecule has 0 aromatic heterocycles. The maximum Gasteiger partial charge on any atom is 0.224 e. The number of aryl methyl sites for hydroxylation is 1. The summed E-state index contributed by atoms with van der Waals surface area (Å²) in [5.74, 6) is 3.68. The van der Waals surface area contributed by atoms with Crippen LogP contribution in [0.1, 0.15) is 37.3 Å². The quantitative estimate of drug-likeness (QED) is 0.679. The van der Waals surface area contributed by atoms with Crippen molar-refractivity contribution in [1.29, 1.82) is 0 Å². The van der Waals surface area contributed by atoms with E-state index in [4.69, 9.17) is 0 Å². The van der Waals surface area contributed by atoms with E-state index in [0.29, 0.717) is 18.3 Å². The summed E-state index contributed by atoms with van der Waals surface area (Å²) in [6.07, 6.45) is 3.08. The van der Waals surface area contributed by atoms with Gasteiger partial charge in [0.05, 0.1) is 0 Å². The molecule has 0 aliphatic carbocycles. The highest BCUT2D eigenvalue weighted by Gasteiger charge is 2.22. The summed E-state index contributed by atoms with van der Waals surface area (Å²) in [5, 5.41) is 6.59. The number of hydrogen-bond donors (Lipinski definition) is 2. The Morgan fingerprint density at radius 2 is 2.07 bits per heavy atom. The van der Waals surface area contributed by atoms with Gasteiger partial charge in [-0.05, 0) is 61.9 Å². The summed E-state index contributed by atoms with van der Waals surface area (Å²) in [6.45, 7) is 9.85. The molecule has 7 heteroatoms. The van der Waals surface area contributed by atoms with Crippen molar-refractivity contribution in [2.45, 2.75) is 39.7 Å². The van der Waals surface area contributed by atoms with Crippen LogP contribution in [-0.2, 0) is 11.3 Å². The lowest BCUT2D eigenvalue weighted by Gasteiger charge is -2.28. The molecule has 2 fully saturated rings. The van der Waals surface area contributed by atoms with Crippen molar-refractivity contribution in [2.75, 3.05) is 43.0 Å². The van der Waals surface area contributed by atoms with E-state index < -0.39 is 0 Å². The first kappa shape index (κ1) is 25.6. The lowest BCUT2D eigenvalue weighted by atomic mass is 9.85. The number of anilines is 1. The number of halogens is 2. The first-order valence-electron chi connectivity index (χ1n) is 10.0. The smallest absolute Gasteiger partial charge is 0.224 e. The number of carbonyl (C=O) groups is 1. The fraction of sp³-hybridized carbons (Fsp3) is 0.667. The normalized spacial score (nSPS) is 21.1. The highest BCUT2D eigenvalue weighted by molar-refractivity contribution is 7.99. The van der Waals surface area contributed by atoms with E-state index in [0.717, 1.165) is 30.9 Å². The number of rotatable bonds is 6. The minimum Gasteiger partial charge on any atom is -0.326 e. The van der Waals surface area contributed by atoms with Crippen LogP contribution in [0.15, 0.2) is 18.2 Å². The second-order valence-corrected chi connectivity index (χ2v) is 9.10. The number of amides is 1. The molecule has 2 aliphatic heterocycles. The fourth-order valence-electron chi connectivity index (χ4n) is 4.01. The van der Waals surface area contributed by atoms with E-state index in [2.05, 4.69) is 47.6 Å². The molecule has 28 heavy (non-hydrogen) atoms. The topological polar surface area (TPSA) is 44.4 Å². The maximum absolute atomic E-state index is 12.5. The Morgan fingerprint density at radius 1 is 1.32 bits per heavy atom. The zero-order valence-electron chi connectivity index (χ0n) is 17.0. The van der Waals surface area contributed by atoms with E-state index in [1.165, 1.54) is 43.0 Å². The van der Waals surface area contributed by atoms with E-state index >= 15 is 0 Å². The van der Waals surface area contributed by atoms with Gasteiger partial charge in [-0.15, -0.1) is 24.8 Å². The summed E-state index contributed by atoms with van der Waals surface area (Å²) < 4.78 is 0. The lowest BCUT2D eigenvalue weighted by molar-refractivity contribution is -0.117. The molecule has 1 aromatic rings. The number of piperidine rings is 1. The van der Waals surface area contributed by atoms with Gasteiger partial charge in [0.15, 0.2) is 0 Å². The molecule has 2 N–H and O–H groups in total. The summed E-state index contributed by atoms with van der Waals surface area (Å²) in [7, 11) is 0. The summed E-state index contributed by atoms with van der Waals surface area (Å²) in [5.41, 5.74) is 3.46. The standard InChI is InChI=1S/C21H33N3OS.2ClH/c1-16(19-4-3-7-22-14-19)13-21(25)23-20-6-5-18(12-17(20)2)15-24-8-10-26-11-9-24;;/h5-6,12,16,19,22H,3-4,7-11,13-15H2,1-2H3,(H,23,25);2*1H. The molecule has 2 heterocycles. The van der Waals surface area contributed by atoms with Gasteiger partial charge in [0.2, 0.25) is 5.91 Å². The van der Waals surface area contributed by atoms with Gasteiger partial charge in [-0.2, -0.15) is 11.8 Å². The number of hydrogen-bond acceptors (Lipinski definition) is 4. The van der Waals surface area contributed by atoms with Crippen molar-refractivity contribution in [3.63, 3.8) is 0 Å². The van der Waals surface area contributed by atoms with Crippen molar-refractivity contribution in [1.82, 2.24) is 10.2 Å². The summed E-state index contributed by atoms with van der Waals surface area (Å²) in [6, 6.07) is 6.47. The molecule has 0 spiro atoms. The molecule has 0 saturated carbocycles. The molecule has 3 rings (SSSR count). The predicted molar refractivity (Wildman–Crippen MR) is 126 cm³/mol. The molecular weight excluding hydrogens is 413 g/mol. The first-order valence-corrected chi connectivity index (χ1v) is 11.2. The number of carbonyl (C=O) groups excluding carboxylic acids is 1. The third-order valence-electron chi connectivity index (χ3n) is 5.72. The Hall–Kier alpha value is -0.460. The second kappa shape index (κ2) is 13.0. The maximum atomic E-state index is 12.5. The predicted octanol–water partition coefficient (Wildman–Crippen LogP) is 4.35. The summed E-state index contributed by atoms with van der Waals surface area (Å²) in [4.78, 5) is 15.0. The lowest BCUT2D eigenvalue weighted by Crippen LogP contribution is -2.34. The largest absolute Gasteiger partial charge is 0.326 e. The fourth-order valence-corrected chi connectivity index (χ4v) is 4.99. The highest BCUT2D eigenvalue weighted by Crippen LogP contribution is 2.24. The van der Waals surface area contributed by atoms with Crippen LogP contribution in [0.4, 0.5) is 5.69 Å². The Balaban J connectivity index is 0.00000196. The number of benzene rings is 1. The van der Waals surface area contributed by atoms with Gasteiger partial charge in [-0.1, -0.05) is 19.1 Å². The molecule has 2 unspecified atom stereocenters. The molecule has 1 aromatic carbocycles. The molecule has 2 saturated heterocycles. The van der Waals surface area contributed by atoms with Crippen LogP contribution in [0.25, 0.3) is 0 Å². The molecule has 2 aliphatic rings. The minimum atomic E-state index is 0. The van der Waals surface area contributed by atoms with Gasteiger partial charge < -0.3 is 10.6 Å². The Labute approximate surface area is 186 Å². The van der Waals surface area contributed by atoms with Gasteiger partial charge in [-0.25, -0.2) is 0 Å². The van der Waals surface area contributed by atoms with Gasteiger partial charge >= 0.3 is 0 Å². The molecule has 2 atom stereocenters. The minimum absolute atomic E-state index is 0. The third-order valence-corrected chi connectivity index (χ3v) is 6.66. The highest BCUT2D eigenvalue weighted by atomic mass is 35.5. The van der Waals surface area contributed by atoms with E-state index in [9.17, 15) is 4.79 Å². The zero-order valence-corrected chi connectivity index (χ0v) is 19.5.